The summed E-state index contributed by atoms with van der Waals surface area (Å²) in [5.41, 5.74) is 0.667. The number of carbonyl (C=O) groups excluding carboxylic acids is 1. The van der Waals surface area contributed by atoms with Gasteiger partial charge in [0.25, 0.3) is 0 Å². The van der Waals surface area contributed by atoms with E-state index >= 15 is 0 Å². The Balaban J connectivity index is -0.0000000267. The average molecular weight is 857 g/mol. The van der Waals surface area contributed by atoms with E-state index in [1.54, 1.807) is 66.4 Å². The fourth-order valence-corrected chi connectivity index (χ4v) is 0. The van der Waals surface area contributed by atoms with Gasteiger partial charge in [0, 0.05) is 69.8 Å². The molecule has 0 aromatic rings. The lowest BCUT2D eigenvalue weighted by Gasteiger charge is -1.82. The molecule has 0 aliphatic heterocycles. The Morgan fingerprint density at radius 2 is 0.944 bits per heavy atom. The van der Waals surface area contributed by atoms with Crippen molar-refractivity contribution in [1.82, 2.24) is 5.32 Å². The normalized spacial score (nSPS) is 7.98. The highest BCUT2D eigenvalue weighted by atomic mass is 32.2. The van der Waals surface area contributed by atoms with Crippen LogP contribution in [0.25, 0.3) is 0 Å². The number of carbonyl (C=O) groups is 1. The summed E-state index contributed by atoms with van der Waals surface area (Å²) in [5, 5.41) is 28.7. The van der Waals surface area contributed by atoms with Crippen LogP contribution in [0.2, 0.25) is 0 Å². The Hall–Kier alpha value is -2.16. The molecule has 0 unspecified atom stereocenters. The molecule has 0 aliphatic rings. The smallest absolute Gasteiger partial charge is 0.171 e. The van der Waals surface area contributed by atoms with Gasteiger partial charge in [-0.3, -0.25) is 4.21 Å². The Kier molecular flexibility index (Phi) is 216. The first-order chi connectivity index (χ1) is 24.5. The molecule has 2 N–H and O–H groups in total. The summed E-state index contributed by atoms with van der Waals surface area (Å²) in [7, 11) is 9.77. The van der Waals surface area contributed by atoms with E-state index in [2.05, 4.69) is 63.3 Å². The van der Waals surface area contributed by atoms with Gasteiger partial charge in [0.15, 0.2) is 7.05 Å². The Morgan fingerprint density at radius 3 is 0.944 bits per heavy atom. The fraction of sp³-hybridized carbons (Fsp3) is 0.763. The van der Waals surface area contributed by atoms with Gasteiger partial charge >= 0.3 is 0 Å². The summed E-state index contributed by atoms with van der Waals surface area (Å²) in [6.45, 7) is 26.2. The molecule has 0 amide bonds. The van der Waals surface area contributed by atoms with Gasteiger partial charge in [-0.25, -0.2) is 8.42 Å². The molecule has 12 nitrogen and oxygen atoms in total. The number of thiocarbonyl (C=S) groups is 1. The summed E-state index contributed by atoms with van der Waals surface area (Å²) in [6.07, 6.45) is 18.9. The van der Waals surface area contributed by atoms with Crippen molar-refractivity contribution >= 4 is 61.0 Å². The molecule has 0 heterocycles. The first-order valence-electron chi connectivity index (χ1n) is 16.4. The van der Waals surface area contributed by atoms with Gasteiger partial charge < -0.3 is 25.5 Å². The second kappa shape index (κ2) is 125. The molecule has 16 heteroatoms. The number of hydrogen-bond donors (Lipinski definition) is 2. The van der Waals surface area contributed by atoms with Gasteiger partial charge in [-0.15, -0.1) is 16.7 Å². The predicted molar refractivity (Wildman–Crippen MR) is 258 cm³/mol. The van der Waals surface area contributed by atoms with E-state index in [9.17, 15) is 22.6 Å². The van der Waals surface area contributed by atoms with Crippen molar-refractivity contribution in [3.05, 3.63) is 29.5 Å². The second-order valence-electron chi connectivity index (χ2n) is 9.62. The van der Waals surface area contributed by atoms with Crippen LogP contribution in [0.3, 0.4) is 0 Å². The number of ether oxygens (including phenoxy) is 1. The number of azo groups is 2. The van der Waals surface area contributed by atoms with E-state index < -0.39 is 20.6 Å². The quantitative estimate of drug-likeness (QED) is 0.0457. The van der Waals surface area contributed by atoms with Crippen LogP contribution in [0.4, 0.5) is 0 Å². The van der Waals surface area contributed by atoms with Crippen LogP contribution < -0.4 is 5.32 Å². The molecule has 0 fully saturated rings. The van der Waals surface area contributed by atoms with Crippen molar-refractivity contribution in [3.8, 4) is 11.8 Å². The number of thioether (sulfide) groups is 1. The minimum Gasteiger partial charge on any atom is -0.600 e. The van der Waals surface area contributed by atoms with Crippen LogP contribution in [0.5, 0.6) is 0 Å². The van der Waals surface area contributed by atoms with E-state index in [0.717, 1.165) is 17.4 Å². The Bertz CT molecular complexity index is 807. The molecule has 0 rings (SSSR count). The van der Waals surface area contributed by atoms with Gasteiger partial charge in [0.1, 0.15) is 15.6 Å². The standard InChI is InChI=1S/2C4H8.C4H6.C3H7N.C3H6O.C3H6S.C3H8.C2H6N2O.C2H6N2.C2H7N.C2H6O2S.C2H6OS.C2H6O.C2H6S/c3*1-3-4-2;3*1-3(2)4;1-3-2;1-3-4(2)5;1-3-4-2;1-3-2;1-5(2,3)4;1-4(2)3;2*1-3-2/h2*3-4H,1-2H3;1-2H3;4H,1-2H3;2*1-2H3;3H2,1-2H3;1-2H3;1-2H3;3H,1-2H3;1-2H3;1-2H3;2*1-2H3/b4-3-;;;;;;;;;;;;;. The fourth-order valence-electron chi connectivity index (χ4n) is 0. The number of sulfone groups is 1. The number of ketones is 1. The highest BCUT2D eigenvalue weighted by molar-refractivity contribution is 7.97. The van der Waals surface area contributed by atoms with E-state index in [1.165, 1.54) is 34.4 Å². The SMILES string of the molecule is C/C=C\C.CC#CC.CC(C)=N.CC(C)=O.CC(C)=S.CC=CC.CCC.CN=NC.CN=[N+](C)[O-].CNC.COC.CS(C)(=O)=O.CS(C)=O.CSC. The van der Waals surface area contributed by atoms with Crippen molar-refractivity contribution < 1.29 is 27.0 Å². The minimum absolute atomic E-state index is 0.167. The third-order valence-corrected chi connectivity index (χ3v) is 1.40. The molecule has 0 saturated carbocycles. The summed E-state index contributed by atoms with van der Waals surface area (Å²) in [5.74, 6) is 5.53. The molecular weight excluding hydrogens is 765 g/mol. The van der Waals surface area contributed by atoms with Gasteiger partial charge in [-0.05, 0) is 120 Å². The summed E-state index contributed by atoms with van der Waals surface area (Å²) in [6, 6.07) is 0. The number of allylic oxidation sites excluding steroid dienone is 4. The predicted octanol–water partition coefficient (Wildman–Crippen LogP) is 10.3. The molecular formula is C38H92N6O6S4. The van der Waals surface area contributed by atoms with E-state index in [1.807, 2.05) is 106 Å². The van der Waals surface area contributed by atoms with Crippen molar-refractivity contribution in [3.63, 3.8) is 0 Å². The van der Waals surface area contributed by atoms with Gasteiger partial charge in [-0.1, -0.05) is 56.8 Å². The first-order valence-corrected chi connectivity index (χ1v) is 22.7. The Morgan fingerprint density at radius 1 is 0.870 bits per heavy atom. The highest BCUT2D eigenvalue weighted by Crippen LogP contribution is 1.70. The van der Waals surface area contributed by atoms with Gasteiger partial charge in [0.05, 0.1) is 7.05 Å². The topological polar surface area (TPSA) is 177 Å². The minimum atomic E-state index is -2.67. The highest BCUT2D eigenvalue weighted by Gasteiger charge is 1.79. The van der Waals surface area contributed by atoms with Gasteiger partial charge in [0.2, 0.25) is 0 Å². The summed E-state index contributed by atoms with van der Waals surface area (Å²) in [4.78, 5) is 10.9. The summed E-state index contributed by atoms with van der Waals surface area (Å²) < 4.78 is 33.1. The third-order valence-electron chi connectivity index (χ3n) is 1.40. The first kappa shape index (κ1) is 93.6. The van der Waals surface area contributed by atoms with Gasteiger partial charge in [-0.2, -0.15) is 22.0 Å². The number of nitrogens with one attached hydrogen (secondary N) is 2. The number of rotatable bonds is 0. The number of hydrogen-bond acceptors (Lipinski definition) is 13. The van der Waals surface area contributed by atoms with Crippen LogP contribution in [0.15, 0.2) is 39.6 Å². The number of Topliss-reactive ketones (excluding diaryl/α,β-unsaturated/α-hetero) is 1. The molecule has 54 heavy (non-hydrogen) atoms. The van der Waals surface area contributed by atoms with E-state index in [4.69, 9.17) is 5.41 Å². The lowest BCUT2D eigenvalue weighted by atomic mass is 10.5. The van der Waals surface area contributed by atoms with Crippen molar-refractivity contribution in [1.29, 1.82) is 5.41 Å². The zero-order valence-electron chi connectivity index (χ0n) is 40.4. The maximum atomic E-state index is 9.63. The molecule has 0 aliphatic carbocycles. The maximum Gasteiger partial charge on any atom is 0.171 e. The monoisotopic (exact) mass is 857 g/mol. The number of methoxy groups -OCH3 is 1. The molecule has 0 atom stereocenters. The zero-order chi connectivity index (χ0) is 47.6. The van der Waals surface area contributed by atoms with E-state index in [-0.39, 0.29) is 5.78 Å². The molecule has 0 aromatic heterocycles. The molecule has 0 bridgehead atoms. The lowest BCUT2D eigenvalue weighted by Crippen LogP contribution is -1.89. The third kappa shape index (κ3) is 8060. The second-order valence-corrected chi connectivity index (χ2v) is 15.0. The van der Waals surface area contributed by atoms with Crippen molar-refractivity contribution in [2.24, 2.45) is 15.3 Å². The van der Waals surface area contributed by atoms with Crippen LogP contribution in [0, 0.1) is 22.5 Å². The number of hydroxylamine groups is 1. The molecule has 0 spiro atoms. The van der Waals surface area contributed by atoms with Crippen molar-refractivity contribution in [2.75, 3.05) is 94.0 Å². The molecule has 0 radical (unpaired) electrons. The van der Waals surface area contributed by atoms with Crippen LogP contribution in [-0.4, -0.2) is 128 Å². The van der Waals surface area contributed by atoms with Crippen molar-refractivity contribution in [2.45, 2.75) is 103 Å². The van der Waals surface area contributed by atoms with E-state index in [0.29, 0.717) is 10.6 Å². The van der Waals surface area contributed by atoms with Crippen LogP contribution in [-0.2, 0) is 30.2 Å². The summed E-state index contributed by atoms with van der Waals surface area (Å²) >= 11 is 6.29. The van der Waals surface area contributed by atoms with Crippen LogP contribution in [0.1, 0.15) is 103 Å². The molecule has 0 saturated heterocycles. The zero-order valence-corrected chi connectivity index (χ0v) is 43.7. The molecule has 334 valence electrons. The maximum absolute atomic E-state index is 9.63. The Labute approximate surface area is 351 Å². The molecule has 0 aromatic carbocycles. The number of nitrogens with zero attached hydrogens (tertiary/aromatic N) is 4. The average Bonchev–Trinajstić information content (AvgIpc) is 3.01. The van der Waals surface area contributed by atoms with Crippen LogP contribution >= 0.6 is 24.0 Å². The largest absolute Gasteiger partial charge is 0.600 e. The lowest BCUT2D eigenvalue weighted by molar-refractivity contribution is -0.497.